The Kier molecular flexibility index (Phi) is 4.60. The molecular formula is C11H16N2O2. The molecule has 4 heteroatoms. The predicted octanol–water partition coefficient (Wildman–Crippen LogP) is 3.20. The fraction of sp³-hybridized carbons (Fsp3) is 0.455. The SMILES string of the molecule is CCCCC(ON=O)c1ccc(N)cc1. The molecule has 1 aromatic rings. The van der Waals surface area contributed by atoms with Gasteiger partial charge in [-0.1, -0.05) is 25.5 Å². The lowest BCUT2D eigenvalue weighted by Crippen LogP contribution is -2.00. The van der Waals surface area contributed by atoms with Crippen molar-refractivity contribution in [3.8, 4) is 0 Å². The van der Waals surface area contributed by atoms with Crippen LogP contribution >= 0.6 is 0 Å². The Balaban J connectivity index is 2.69. The van der Waals surface area contributed by atoms with E-state index in [1.165, 1.54) is 0 Å². The van der Waals surface area contributed by atoms with Gasteiger partial charge in [0.2, 0.25) is 0 Å². The highest BCUT2D eigenvalue weighted by atomic mass is 16.7. The molecule has 1 rings (SSSR count). The molecule has 0 heterocycles. The molecule has 0 saturated carbocycles. The Morgan fingerprint density at radius 3 is 2.60 bits per heavy atom. The summed E-state index contributed by atoms with van der Waals surface area (Å²) in [6.45, 7) is 2.09. The molecule has 0 aliphatic carbocycles. The summed E-state index contributed by atoms with van der Waals surface area (Å²) in [6.07, 6.45) is 2.62. The molecule has 0 saturated heterocycles. The van der Waals surface area contributed by atoms with Crippen LogP contribution in [0.3, 0.4) is 0 Å². The zero-order valence-electron chi connectivity index (χ0n) is 8.85. The summed E-state index contributed by atoms with van der Waals surface area (Å²) >= 11 is 0. The summed E-state index contributed by atoms with van der Waals surface area (Å²) in [4.78, 5) is 14.9. The van der Waals surface area contributed by atoms with Crippen LogP contribution in [0.2, 0.25) is 0 Å². The summed E-state index contributed by atoms with van der Waals surface area (Å²) in [5.74, 6) is 0. The van der Waals surface area contributed by atoms with Gasteiger partial charge in [-0.15, -0.1) is 4.91 Å². The Morgan fingerprint density at radius 1 is 1.40 bits per heavy atom. The summed E-state index contributed by atoms with van der Waals surface area (Å²) in [5, 5.41) is 2.51. The van der Waals surface area contributed by atoms with Crippen LogP contribution in [0.4, 0.5) is 5.69 Å². The smallest absolute Gasteiger partial charge is 0.155 e. The number of unbranched alkanes of at least 4 members (excludes halogenated alkanes) is 1. The number of benzene rings is 1. The predicted molar refractivity (Wildman–Crippen MR) is 60.0 cm³/mol. The van der Waals surface area contributed by atoms with Gasteiger partial charge in [-0.25, -0.2) is 0 Å². The molecule has 1 aromatic carbocycles. The van der Waals surface area contributed by atoms with Gasteiger partial charge >= 0.3 is 0 Å². The van der Waals surface area contributed by atoms with Gasteiger partial charge in [0.05, 0.1) is 0 Å². The lowest BCUT2D eigenvalue weighted by molar-refractivity contribution is 0.0469. The van der Waals surface area contributed by atoms with E-state index in [9.17, 15) is 4.91 Å². The molecular weight excluding hydrogens is 192 g/mol. The fourth-order valence-electron chi connectivity index (χ4n) is 1.43. The quantitative estimate of drug-likeness (QED) is 0.443. The molecule has 4 nitrogen and oxygen atoms in total. The van der Waals surface area contributed by atoms with Crippen molar-refractivity contribution in [1.29, 1.82) is 0 Å². The highest BCUT2D eigenvalue weighted by molar-refractivity contribution is 5.39. The summed E-state index contributed by atoms with van der Waals surface area (Å²) < 4.78 is 0. The van der Waals surface area contributed by atoms with Crippen LogP contribution in [0.25, 0.3) is 0 Å². The van der Waals surface area contributed by atoms with Gasteiger partial charge in [-0.3, -0.25) is 0 Å². The molecule has 1 unspecified atom stereocenters. The Labute approximate surface area is 89.4 Å². The van der Waals surface area contributed by atoms with Crippen LogP contribution in [-0.2, 0) is 4.84 Å². The second kappa shape index (κ2) is 6.01. The van der Waals surface area contributed by atoms with E-state index in [4.69, 9.17) is 10.6 Å². The number of hydrogen-bond donors (Lipinski definition) is 1. The molecule has 0 aromatic heterocycles. The van der Waals surface area contributed by atoms with Crippen LogP contribution in [0, 0.1) is 4.91 Å². The van der Waals surface area contributed by atoms with Crippen molar-refractivity contribution in [3.63, 3.8) is 0 Å². The van der Waals surface area contributed by atoms with Crippen LogP contribution < -0.4 is 5.73 Å². The van der Waals surface area contributed by atoms with Crippen LogP contribution in [0.15, 0.2) is 29.6 Å². The Hall–Kier alpha value is -1.58. The number of hydrogen-bond acceptors (Lipinski definition) is 4. The molecule has 15 heavy (non-hydrogen) atoms. The normalized spacial score (nSPS) is 12.1. The number of nitrogen functional groups attached to an aromatic ring is 1. The third-order valence-electron chi connectivity index (χ3n) is 2.30. The topological polar surface area (TPSA) is 64.7 Å². The average Bonchev–Trinajstić information content (AvgIpc) is 2.25. The highest BCUT2D eigenvalue weighted by Crippen LogP contribution is 2.24. The van der Waals surface area contributed by atoms with Crippen LogP contribution in [0.1, 0.15) is 37.9 Å². The molecule has 0 bridgehead atoms. The summed E-state index contributed by atoms with van der Waals surface area (Å²) in [6, 6.07) is 7.31. The first-order chi connectivity index (χ1) is 7.27. The van der Waals surface area contributed by atoms with E-state index in [0.29, 0.717) is 5.69 Å². The molecule has 0 spiro atoms. The minimum atomic E-state index is -0.247. The second-order valence-electron chi connectivity index (χ2n) is 3.48. The minimum absolute atomic E-state index is 0.247. The average molecular weight is 208 g/mol. The van der Waals surface area contributed by atoms with Gasteiger partial charge in [0, 0.05) is 5.69 Å². The zero-order valence-corrected chi connectivity index (χ0v) is 8.85. The molecule has 0 aliphatic rings. The van der Waals surface area contributed by atoms with Crippen molar-refractivity contribution in [2.75, 3.05) is 5.73 Å². The van der Waals surface area contributed by atoms with Gasteiger partial charge in [-0.2, -0.15) is 0 Å². The van der Waals surface area contributed by atoms with E-state index in [1.54, 1.807) is 12.1 Å². The number of anilines is 1. The molecule has 0 aliphatic heterocycles. The van der Waals surface area contributed by atoms with E-state index < -0.39 is 0 Å². The van der Waals surface area contributed by atoms with E-state index in [0.717, 1.165) is 24.8 Å². The van der Waals surface area contributed by atoms with Crippen molar-refractivity contribution in [1.82, 2.24) is 0 Å². The summed E-state index contributed by atoms with van der Waals surface area (Å²) in [7, 11) is 0. The minimum Gasteiger partial charge on any atom is -0.399 e. The van der Waals surface area contributed by atoms with Crippen molar-refractivity contribution in [2.24, 2.45) is 5.34 Å². The van der Waals surface area contributed by atoms with Crippen LogP contribution in [0.5, 0.6) is 0 Å². The van der Waals surface area contributed by atoms with Gasteiger partial charge in [0.1, 0.15) is 0 Å². The largest absolute Gasteiger partial charge is 0.399 e. The maximum Gasteiger partial charge on any atom is 0.155 e. The third-order valence-corrected chi connectivity index (χ3v) is 2.30. The highest BCUT2D eigenvalue weighted by Gasteiger charge is 2.12. The van der Waals surface area contributed by atoms with E-state index in [2.05, 4.69) is 12.3 Å². The lowest BCUT2D eigenvalue weighted by Gasteiger charge is -2.12. The molecule has 0 radical (unpaired) electrons. The first kappa shape index (κ1) is 11.5. The Morgan fingerprint density at radius 2 is 2.07 bits per heavy atom. The standard InChI is InChI=1S/C11H16N2O2/c1-2-3-4-11(15-13-14)9-5-7-10(12)8-6-9/h5-8,11H,2-4,12H2,1H3. The molecule has 82 valence electrons. The first-order valence-electron chi connectivity index (χ1n) is 5.11. The zero-order chi connectivity index (χ0) is 11.1. The molecule has 0 fully saturated rings. The number of nitrogens with zero attached hydrogens (tertiary/aromatic N) is 1. The maximum absolute atomic E-state index is 10.1. The van der Waals surface area contributed by atoms with E-state index >= 15 is 0 Å². The lowest BCUT2D eigenvalue weighted by atomic mass is 10.0. The second-order valence-corrected chi connectivity index (χ2v) is 3.48. The van der Waals surface area contributed by atoms with Gasteiger partial charge in [0.25, 0.3) is 0 Å². The first-order valence-corrected chi connectivity index (χ1v) is 5.11. The number of nitrogens with two attached hydrogens (primary N) is 1. The van der Waals surface area contributed by atoms with Crippen molar-refractivity contribution < 1.29 is 4.84 Å². The monoisotopic (exact) mass is 208 g/mol. The summed E-state index contributed by atoms with van der Waals surface area (Å²) in [5.41, 5.74) is 7.22. The van der Waals surface area contributed by atoms with E-state index in [1.807, 2.05) is 12.1 Å². The third kappa shape index (κ3) is 3.58. The molecule has 2 N–H and O–H groups in total. The Bertz CT molecular complexity index is 298. The van der Waals surface area contributed by atoms with Crippen molar-refractivity contribution >= 4 is 5.69 Å². The van der Waals surface area contributed by atoms with Gasteiger partial charge in [0.15, 0.2) is 11.4 Å². The molecule has 0 amide bonds. The molecule has 1 atom stereocenters. The van der Waals surface area contributed by atoms with Gasteiger partial charge < -0.3 is 10.6 Å². The van der Waals surface area contributed by atoms with E-state index in [-0.39, 0.29) is 6.10 Å². The van der Waals surface area contributed by atoms with Crippen molar-refractivity contribution in [3.05, 3.63) is 34.7 Å². The maximum atomic E-state index is 10.1. The van der Waals surface area contributed by atoms with Gasteiger partial charge in [-0.05, 0) is 30.5 Å². The van der Waals surface area contributed by atoms with Crippen LogP contribution in [-0.4, -0.2) is 0 Å². The van der Waals surface area contributed by atoms with Crippen molar-refractivity contribution in [2.45, 2.75) is 32.3 Å². The number of rotatable bonds is 6. The fourth-order valence-corrected chi connectivity index (χ4v) is 1.43.